The first-order valence-electron chi connectivity index (χ1n) is 7.30. The number of amides is 1. The zero-order valence-corrected chi connectivity index (χ0v) is 12.0. The van der Waals surface area contributed by atoms with Crippen LogP contribution >= 0.6 is 0 Å². The molecule has 1 aliphatic carbocycles. The molecule has 104 valence electrons. The van der Waals surface area contributed by atoms with Crippen LogP contribution in [0.5, 0.6) is 0 Å². The van der Waals surface area contributed by atoms with E-state index in [0.717, 1.165) is 19.4 Å². The molecular formula is C16H25N2O+. The van der Waals surface area contributed by atoms with Gasteiger partial charge >= 0.3 is 0 Å². The summed E-state index contributed by atoms with van der Waals surface area (Å²) in [6, 6.07) is 8.39. The van der Waals surface area contributed by atoms with Crippen molar-refractivity contribution in [1.29, 1.82) is 0 Å². The van der Waals surface area contributed by atoms with Crippen LogP contribution in [0.25, 0.3) is 0 Å². The van der Waals surface area contributed by atoms with Crippen LogP contribution in [-0.2, 0) is 17.9 Å². The van der Waals surface area contributed by atoms with E-state index in [1.165, 1.54) is 28.9 Å². The lowest BCUT2D eigenvalue weighted by molar-refractivity contribution is -0.872. The lowest BCUT2D eigenvalue weighted by atomic mass is 10.1. The van der Waals surface area contributed by atoms with Gasteiger partial charge in [-0.1, -0.05) is 37.1 Å². The summed E-state index contributed by atoms with van der Waals surface area (Å²) in [6.07, 6.45) is 4.54. The van der Waals surface area contributed by atoms with E-state index in [0.29, 0.717) is 6.54 Å². The molecule has 1 fully saturated rings. The molecule has 0 saturated heterocycles. The molecular weight excluding hydrogens is 236 g/mol. The average Bonchev–Trinajstić information content (AvgIpc) is 2.90. The van der Waals surface area contributed by atoms with Crippen molar-refractivity contribution in [1.82, 2.24) is 5.32 Å². The summed E-state index contributed by atoms with van der Waals surface area (Å²) in [6.45, 7) is 1.66. The van der Waals surface area contributed by atoms with Crippen LogP contribution in [-0.4, -0.2) is 20.0 Å². The Kier molecular flexibility index (Phi) is 4.97. The largest absolute Gasteiger partial charge is 0.352 e. The van der Waals surface area contributed by atoms with Crippen molar-refractivity contribution in [2.45, 2.75) is 38.8 Å². The van der Waals surface area contributed by atoms with Crippen LogP contribution in [0, 0.1) is 5.92 Å². The zero-order valence-electron chi connectivity index (χ0n) is 12.0. The molecule has 0 heterocycles. The summed E-state index contributed by atoms with van der Waals surface area (Å²) in [5.74, 6) is 0.496. The van der Waals surface area contributed by atoms with Gasteiger partial charge in [0.25, 0.3) is 0 Å². The highest BCUT2D eigenvalue weighted by Crippen LogP contribution is 2.24. The Balaban J connectivity index is 1.93. The smallest absolute Gasteiger partial charge is 0.223 e. The minimum atomic E-state index is 0.240. The van der Waals surface area contributed by atoms with Gasteiger partial charge in [0.1, 0.15) is 6.54 Å². The summed E-state index contributed by atoms with van der Waals surface area (Å²) in [5.41, 5.74) is 2.57. The molecule has 0 radical (unpaired) electrons. The van der Waals surface area contributed by atoms with Crippen LogP contribution in [0.2, 0.25) is 0 Å². The number of carbonyl (C=O) groups excluding carboxylic acids is 1. The summed E-state index contributed by atoms with van der Waals surface area (Å²) in [4.78, 5) is 13.4. The molecule has 0 bridgehead atoms. The number of hydrogen-bond donors (Lipinski definition) is 2. The quantitative estimate of drug-likeness (QED) is 0.819. The number of quaternary nitrogens is 1. The van der Waals surface area contributed by atoms with Crippen LogP contribution in [0.15, 0.2) is 24.3 Å². The van der Waals surface area contributed by atoms with E-state index in [1.807, 2.05) is 6.07 Å². The first kappa shape index (κ1) is 14.1. The molecule has 19 heavy (non-hydrogen) atoms. The standard InChI is InChI=1S/C16H24N2O/c1-18(2)12-15-10-6-5-9-14(15)11-17-16(19)13-7-3-4-8-13/h5-6,9-10,13H,3-4,7-8,11-12H2,1-2H3,(H,17,19)/p+1. The SMILES string of the molecule is C[NH+](C)Cc1ccccc1CNC(=O)C1CCCC1. The predicted octanol–water partition coefficient (Wildman–Crippen LogP) is 1.14. The van der Waals surface area contributed by atoms with Crippen LogP contribution < -0.4 is 10.2 Å². The van der Waals surface area contributed by atoms with Crippen molar-refractivity contribution in [2.75, 3.05) is 14.1 Å². The second kappa shape index (κ2) is 6.71. The Hall–Kier alpha value is -1.35. The monoisotopic (exact) mass is 261 g/mol. The summed E-state index contributed by atoms with van der Waals surface area (Å²) in [5, 5.41) is 3.11. The highest BCUT2D eigenvalue weighted by atomic mass is 16.1. The van der Waals surface area contributed by atoms with Gasteiger partial charge in [-0.15, -0.1) is 0 Å². The van der Waals surface area contributed by atoms with Gasteiger partial charge in [0.15, 0.2) is 0 Å². The van der Waals surface area contributed by atoms with Crippen LogP contribution in [0.3, 0.4) is 0 Å². The van der Waals surface area contributed by atoms with Crippen molar-refractivity contribution >= 4 is 5.91 Å². The molecule has 3 nitrogen and oxygen atoms in total. The van der Waals surface area contributed by atoms with Crippen molar-refractivity contribution in [3.8, 4) is 0 Å². The third-order valence-corrected chi connectivity index (χ3v) is 3.84. The highest BCUT2D eigenvalue weighted by molar-refractivity contribution is 5.78. The Morgan fingerprint density at radius 3 is 2.47 bits per heavy atom. The van der Waals surface area contributed by atoms with Crippen LogP contribution in [0.4, 0.5) is 0 Å². The lowest BCUT2D eigenvalue weighted by Crippen LogP contribution is -3.04. The number of rotatable bonds is 5. The van der Waals surface area contributed by atoms with Crippen molar-refractivity contribution < 1.29 is 9.69 Å². The maximum atomic E-state index is 12.0. The molecule has 1 aromatic rings. The number of hydrogen-bond acceptors (Lipinski definition) is 1. The maximum absolute atomic E-state index is 12.0. The maximum Gasteiger partial charge on any atom is 0.223 e. The van der Waals surface area contributed by atoms with Gasteiger partial charge in [-0.3, -0.25) is 4.79 Å². The number of benzene rings is 1. The molecule has 1 aromatic carbocycles. The normalized spacial score (nSPS) is 15.9. The van der Waals surface area contributed by atoms with Gasteiger partial charge in [0.05, 0.1) is 14.1 Å². The van der Waals surface area contributed by atoms with Gasteiger partial charge in [-0.25, -0.2) is 0 Å². The van der Waals surface area contributed by atoms with E-state index in [2.05, 4.69) is 37.6 Å². The molecule has 1 amide bonds. The molecule has 0 aliphatic heterocycles. The van der Waals surface area contributed by atoms with Gasteiger partial charge in [0, 0.05) is 18.0 Å². The van der Waals surface area contributed by atoms with Gasteiger partial charge in [0.2, 0.25) is 5.91 Å². The molecule has 0 aromatic heterocycles. The Bertz CT molecular complexity index is 423. The molecule has 2 N–H and O–H groups in total. The predicted molar refractivity (Wildman–Crippen MR) is 76.8 cm³/mol. The topological polar surface area (TPSA) is 33.5 Å². The second-order valence-electron chi connectivity index (χ2n) is 5.85. The first-order chi connectivity index (χ1) is 9.16. The molecule has 1 saturated carbocycles. The van der Waals surface area contributed by atoms with E-state index in [-0.39, 0.29) is 11.8 Å². The highest BCUT2D eigenvalue weighted by Gasteiger charge is 2.22. The van der Waals surface area contributed by atoms with Crippen LogP contribution in [0.1, 0.15) is 36.8 Å². The summed E-state index contributed by atoms with van der Waals surface area (Å²) in [7, 11) is 4.29. The fourth-order valence-electron chi connectivity index (χ4n) is 2.80. The fraction of sp³-hybridized carbons (Fsp3) is 0.562. The minimum absolute atomic E-state index is 0.240. The third kappa shape index (κ3) is 4.06. The Morgan fingerprint density at radius 2 is 1.84 bits per heavy atom. The lowest BCUT2D eigenvalue weighted by Gasteiger charge is -2.14. The Labute approximate surface area is 116 Å². The number of carbonyl (C=O) groups is 1. The fourth-order valence-corrected chi connectivity index (χ4v) is 2.80. The van der Waals surface area contributed by atoms with E-state index in [1.54, 1.807) is 0 Å². The van der Waals surface area contributed by atoms with E-state index < -0.39 is 0 Å². The van der Waals surface area contributed by atoms with E-state index in [4.69, 9.17) is 0 Å². The molecule has 3 heteroatoms. The molecule has 2 rings (SSSR count). The van der Waals surface area contributed by atoms with Crippen molar-refractivity contribution in [3.05, 3.63) is 35.4 Å². The third-order valence-electron chi connectivity index (χ3n) is 3.84. The molecule has 0 atom stereocenters. The van der Waals surface area contributed by atoms with Crippen molar-refractivity contribution in [2.24, 2.45) is 5.92 Å². The summed E-state index contributed by atoms with van der Waals surface area (Å²) < 4.78 is 0. The molecule has 0 spiro atoms. The van der Waals surface area contributed by atoms with Gasteiger partial charge < -0.3 is 10.2 Å². The zero-order chi connectivity index (χ0) is 13.7. The van der Waals surface area contributed by atoms with Crippen molar-refractivity contribution in [3.63, 3.8) is 0 Å². The molecule has 1 aliphatic rings. The molecule has 0 unspecified atom stereocenters. The second-order valence-corrected chi connectivity index (χ2v) is 5.85. The first-order valence-corrected chi connectivity index (χ1v) is 7.30. The number of nitrogens with one attached hydrogen (secondary N) is 2. The summed E-state index contributed by atoms with van der Waals surface area (Å²) >= 11 is 0. The van der Waals surface area contributed by atoms with E-state index in [9.17, 15) is 4.79 Å². The minimum Gasteiger partial charge on any atom is -0.352 e. The van der Waals surface area contributed by atoms with Gasteiger partial charge in [-0.05, 0) is 18.4 Å². The van der Waals surface area contributed by atoms with E-state index >= 15 is 0 Å². The Morgan fingerprint density at radius 1 is 1.21 bits per heavy atom. The average molecular weight is 261 g/mol. The van der Waals surface area contributed by atoms with Gasteiger partial charge in [-0.2, -0.15) is 0 Å².